The van der Waals surface area contributed by atoms with Crippen LogP contribution in [0.1, 0.15) is 65.5 Å². The van der Waals surface area contributed by atoms with E-state index >= 15 is 0 Å². The molecule has 0 saturated heterocycles. The first kappa shape index (κ1) is 21.4. The van der Waals surface area contributed by atoms with Crippen LogP contribution in [0.25, 0.3) is 6.08 Å². The third kappa shape index (κ3) is 5.30. The first-order chi connectivity index (χ1) is 13.2. The highest BCUT2D eigenvalue weighted by molar-refractivity contribution is 7.18. The number of carbonyl (C=O) groups is 2. The highest BCUT2D eigenvalue weighted by atomic mass is 32.1. The molecule has 0 aliphatic heterocycles. The Morgan fingerprint density at radius 3 is 2.36 bits per heavy atom. The summed E-state index contributed by atoms with van der Waals surface area (Å²) in [6.07, 6.45) is 2.86. The summed E-state index contributed by atoms with van der Waals surface area (Å²) in [7, 11) is 0. The average molecular weight is 397 g/mol. The van der Waals surface area contributed by atoms with Gasteiger partial charge >= 0.3 is 5.97 Å². The van der Waals surface area contributed by atoms with Crippen LogP contribution in [0.5, 0.6) is 0 Å². The number of nitrogens with one attached hydrogen (secondary N) is 1. The zero-order chi connectivity index (χ0) is 20.8. The maximum Gasteiger partial charge on any atom is 0.348 e. The van der Waals surface area contributed by atoms with Gasteiger partial charge in [-0.3, -0.25) is 4.79 Å². The summed E-state index contributed by atoms with van der Waals surface area (Å²) in [6.45, 7) is 9.44. The minimum Gasteiger partial charge on any atom is -0.459 e. The number of nitriles is 1. The molecule has 0 aliphatic rings. The van der Waals surface area contributed by atoms with Crippen molar-refractivity contribution in [3.8, 4) is 6.07 Å². The Hall–Kier alpha value is -2.91. The number of hydrogen-bond acceptors (Lipinski definition) is 5. The lowest BCUT2D eigenvalue weighted by Crippen LogP contribution is -2.11. The second kappa shape index (κ2) is 9.34. The van der Waals surface area contributed by atoms with Gasteiger partial charge in [-0.15, -0.1) is 11.3 Å². The molecule has 2 rings (SSSR count). The lowest BCUT2D eigenvalue weighted by Gasteiger charge is -2.06. The second-order valence-electron chi connectivity index (χ2n) is 6.97. The summed E-state index contributed by atoms with van der Waals surface area (Å²) in [5.41, 5.74) is 2.93. The number of anilines is 1. The first-order valence-electron chi connectivity index (χ1n) is 9.06. The third-order valence-corrected chi connectivity index (χ3v) is 5.24. The molecule has 0 spiro atoms. The van der Waals surface area contributed by atoms with E-state index in [0.717, 1.165) is 16.9 Å². The minimum atomic E-state index is -0.490. The lowest BCUT2D eigenvalue weighted by molar-refractivity contribution is -0.111. The number of ether oxygens (including phenoxy) is 1. The fourth-order valence-corrected chi connectivity index (χ4v) is 3.56. The summed E-state index contributed by atoms with van der Waals surface area (Å²) in [6, 6.07) is 10.0. The molecule has 0 atom stereocenters. The monoisotopic (exact) mass is 396 g/mol. The van der Waals surface area contributed by atoms with E-state index in [9.17, 15) is 14.9 Å². The van der Waals surface area contributed by atoms with Gasteiger partial charge in [-0.1, -0.05) is 38.1 Å². The number of hydrogen-bond donors (Lipinski definition) is 1. The van der Waals surface area contributed by atoms with Crippen LogP contribution in [0.3, 0.4) is 0 Å². The number of carbonyl (C=O) groups excluding carboxylic acids is 2. The van der Waals surface area contributed by atoms with E-state index in [1.165, 1.54) is 11.6 Å². The van der Waals surface area contributed by atoms with Crippen molar-refractivity contribution in [1.29, 1.82) is 5.26 Å². The van der Waals surface area contributed by atoms with Crippen LogP contribution in [0, 0.1) is 18.3 Å². The zero-order valence-electron chi connectivity index (χ0n) is 16.7. The second-order valence-corrected chi connectivity index (χ2v) is 7.99. The van der Waals surface area contributed by atoms with Crippen molar-refractivity contribution in [3.63, 3.8) is 0 Å². The number of amides is 1. The standard InChI is InChI=1S/C22H24N2O3S/c1-13(2)17-9-6-16(7-10-17)8-11-19(25)24-21-18(12-23)15(5)20(28-21)22(26)27-14(3)4/h6-11,13-14H,1-5H3,(H,24,25)/b11-8-. The average Bonchev–Trinajstić information content (AvgIpc) is 2.95. The van der Waals surface area contributed by atoms with Gasteiger partial charge < -0.3 is 10.1 Å². The first-order valence-corrected chi connectivity index (χ1v) is 9.88. The predicted octanol–water partition coefficient (Wildman–Crippen LogP) is 5.27. The third-order valence-electron chi connectivity index (χ3n) is 4.05. The highest BCUT2D eigenvalue weighted by Gasteiger charge is 2.22. The summed E-state index contributed by atoms with van der Waals surface area (Å²) in [4.78, 5) is 24.8. The maximum atomic E-state index is 12.3. The Kier molecular flexibility index (Phi) is 7.13. The summed E-state index contributed by atoms with van der Waals surface area (Å²) < 4.78 is 5.20. The Bertz CT molecular complexity index is 932. The van der Waals surface area contributed by atoms with Crippen molar-refractivity contribution in [2.75, 3.05) is 5.32 Å². The topological polar surface area (TPSA) is 79.2 Å². The van der Waals surface area contributed by atoms with E-state index in [1.807, 2.05) is 24.3 Å². The molecule has 2 aromatic rings. The van der Waals surface area contributed by atoms with Crippen LogP contribution < -0.4 is 5.32 Å². The van der Waals surface area contributed by atoms with Gasteiger partial charge in [0.25, 0.3) is 0 Å². The van der Waals surface area contributed by atoms with E-state index in [4.69, 9.17) is 4.74 Å². The molecule has 1 N–H and O–H groups in total. The zero-order valence-corrected chi connectivity index (χ0v) is 17.5. The van der Waals surface area contributed by atoms with Crippen LogP contribution in [0.4, 0.5) is 5.00 Å². The molecule has 1 heterocycles. The summed E-state index contributed by atoms with van der Waals surface area (Å²) in [5.74, 6) is -0.408. The number of esters is 1. The van der Waals surface area contributed by atoms with Gasteiger partial charge in [0.05, 0.1) is 11.7 Å². The SMILES string of the molecule is Cc1c(C(=O)OC(C)C)sc(NC(=O)/C=C\c2ccc(C(C)C)cc2)c1C#N. The molecule has 1 amide bonds. The largest absolute Gasteiger partial charge is 0.459 e. The van der Waals surface area contributed by atoms with Crippen molar-refractivity contribution < 1.29 is 14.3 Å². The van der Waals surface area contributed by atoms with Crippen molar-refractivity contribution in [2.45, 2.75) is 46.6 Å². The quantitative estimate of drug-likeness (QED) is 0.533. The fraction of sp³-hybridized carbons (Fsp3) is 0.318. The van der Waals surface area contributed by atoms with Crippen molar-refractivity contribution in [1.82, 2.24) is 0 Å². The van der Waals surface area contributed by atoms with Crippen LogP contribution in [0.15, 0.2) is 30.3 Å². The van der Waals surface area contributed by atoms with E-state index in [0.29, 0.717) is 21.4 Å². The number of nitrogens with zero attached hydrogens (tertiary/aromatic N) is 1. The molecule has 0 saturated carbocycles. The fourth-order valence-electron chi connectivity index (χ4n) is 2.52. The molecule has 0 fully saturated rings. The molecule has 6 heteroatoms. The van der Waals surface area contributed by atoms with Gasteiger partial charge in [0.1, 0.15) is 15.9 Å². The van der Waals surface area contributed by atoms with Crippen molar-refractivity contribution in [2.24, 2.45) is 0 Å². The van der Waals surface area contributed by atoms with Gasteiger partial charge in [0, 0.05) is 6.08 Å². The molecule has 0 radical (unpaired) electrons. The van der Waals surface area contributed by atoms with Crippen molar-refractivity contribution in [3.05, 3.63) is 57.5 Å². The molecular formula is C22H24N2O3S. The van der Waals surface area contributed by atoms with Crippen LogP contribution in [-0.4, -0.2) is 18.0 Å². The molecule has 5 nitrogen and oxygen atoms in total. The number of benzene rings is 1. The molecule has 28 heavy (non-hydrogen) atoms. The van der Waals surface area contributed by atoms with Gasteiger partial charge in [0.2, 0.25) is 5.91 Å². The Balaban J connectivity index is 2.15. The Morgan fingerprint density at radius 1 is 1.18 bits per heavy atom. The Labute approximate surface area is 169 Å². The minimum absolute atomic E-state index is 0.261. The molecule has 1 aromatic carbocycles. The van der Waals surface area contributed by atoms with E-state index in [1.54, 1.807) is 26.8 Å². The molecule has 0 unspecified atom stereocenters. The van der Waals surface area contributed by atoms with Crippen LogP contribution in [0.2, 0.25) is 0 Å². The smallest absolute Gasteiger partial charge is 0.348 e. The Morgan fingerprint density at radius 2 is 1.82 bits per heavy atom. The molecule has 0 bridgehead atoms. The molecule has 146 valence electrons. The maximum absolute atomic E-state index is 12.3. The summed E-state index contributed by atoms with van der Waals surface area (Å²) in [5, 5.41) is 12.4. The normalized spacial score (nSPS) is 11.1. The van der Waals surface area contributed by atoms with Crippen LogP contribution in [-0.2, 0) is 9.53 Å². The van der Waals surface area contributed by atoms with E-state index in [-0.39, 0.29) is 17.6 Å². The number of rotatable bonds is 6. The molecule has 1 aromatic heterocycles. The van der Waals surface area contributed by atoms with E-state index in [2.05, 4.69) is 25.2 Å². The van der Waals surface area contributed by atoms with Crippen LogP contribution >= 0.6 is 11.3 Å². The number of thiophene rings is 1. The molecular weight excluding hydrogens is 372 g/mol. The summed E-state index contributed by atoms with van der Waals surface area (Å²) >= 11 is 1.05. The van der Waals surface area contributed by atoms with Gasteiger partial charge in [-0.25, -0.2) is 4.79 Å². The lowest BCUT2D eigenvalue weighted by atomic mass is 10.0. The van der Waals surface area contributed by atoms with Gasteiger partial charge in [-0.2, -0.15) is 5.26 Å². The van der Waals surface area contributed by atoms with Gasteiger partial charge in [0.15, 0.2) is 0 Å². The highest BCUT2D eigenvalue weighted by Crippen LogP contribution is 2.33. The predicted molar refractivity (Wildman–Crippen MR) is 113 cm³/mol. The van der Waals surface area contributed by atoms with Gasteiger partial charge in [-0.05, 0) is 49.5 Å². The van der Waals surface area contributed by atoms with Crippen molar-refractivity contribution >= 4 is 34.3 Å². The molecule has 0 aliphatic carbocycles. The van der Waals surface area contributed by atoms with E-state index < -0.39 is 5.97 Å².